The van der Waals surface area contributed by atoms with Gasteiger partial charge in [0.2, 0.25) is 0 Å². The van der Waals surface area contributed by atoms with Gasteiger partial charge in [-0.25, -0.2) is 0 Å². The van der Waals surface area contributed by atoms with Crippen LogP contribution in [0.4, 0.5) is 0 Å². The Morgan fingerprint density at radius 1 is 1.05 bits per heavy atom. The van der Waals surface area contributed by atoms with Gasteiger partial charge in [0.1, 0.15) is 5.75 Å². The molecule has 0 aromatic heterocycles. The van der Waals surface area contributed by atoms with Crippen LogP contribution in [-0.4, -0.2) is 6.10 Å². The second kappa shape index (κ2) is 5.68. The molecule has 0 aliphatic heterocycles. The van der Waals surface area contributed by atoms with E-state index < -0.39 is 5.54 Å². The van der Waals surface area contributed by atoms with E-state index in [-0.39, 0.29) is 6.10 Å². The molecular weight excluding hydrogens is 246 g/mol. The van der Waals surface area contributed by atoms with E-state index in [1.54, 1.807) is 0 Å². The van der Waals surface area contributed by atoms with Crippen molar-refractivity contribution in [3.8, 4) is 5.75 Å². The Morgan fingerprint density at radius 3 is 2.40 bits per heavy atom. The number of hydrogen-bond acceptors (Lipinski definition) is 2. The number of aryl methyl sites for hydroxylation is 1. The third-order valence-corrected chi connectivity index (χ3v) is 3.51. The van der Waals surface area contributed by atoms with E-state index >= 15 is 0 Å². The molecule has 0 aliphatic carbocycles. The predicted octanol–water partition coefficient (Wildman–Crippen LogP) is 4.00. The molecule has 2 aromatic carbocycles. The first-order valence-corrected chi connectivity index (χ1v) is 7.03. The summed E-state index contributed by atoms with van der Waals surface area (Å²) in [5.74, 6) is 0.864. The molecule has 2 nitrogen and oxygen atoms in total. The monoisotopic (exact) mass is 269 g/mol. The Balaban J connectivity index is 2.41. The zero-order valence-electron chi connectivity index (χ0n) is 12.7. The highest BCUT2D eigenvalue weighted by Gasteiger charge is 2.25. The Hall–Kier alpha value is -1.80. The number of nitrogens with two attached hydrogens (primary N) is 1. The minimum atomic E-state index is -0.526. The third-order valence-electron chi connectivity index (χ3n) is 3.51. The lowest BCUT2D eigenvalue weighted by molar-refractivity contribution is 0.242. The van der Waals surface area contributed by atoms with Crippen molar-refractivity contribution >= 4 is 0 Å². The lowest BCUT2D eigenvalue weighted by Crippen LogP contribution is -2.35. The molecule has 2 heteroatoms. The minimum Gasteiger partial charge on any atom is -0.491 e. The highest BCUT2D eigenvalue weighted by atomic mass is 16.5. The SMILES string of the molecule is Cc1ccccc1C(C)(N)c1cccc(OC(C)C)c1. The first-order chi connectivity index (χ1) is 9.41. The van der Waals surface area contributed by atoms with E-state index in [1.165, 1.54) is 5.56 Å². The van der Waals surface area contributed by atoms with Crippen LogP contribution < -0.4 is 10.5 Å². The van der Waals surface area contributed by atoms with E-state index in [4.69, 9.17) is 10.5 Å². The normalized spacial score (nSPS) is 14.1. The van der Waals surface area contributed by atoms with Crippen molar-refractivity contribution in [3.05, 3.63) is 65.2 Å². The van der Waals surface area contributed by atoms with Crippen LogP contribution in [0.1, 0.15) is 37.5 Å². The minimum absolute atomic E-state index is 0.160. The summed E-state index contributed by atoms with van der Waals surface area (Å²) in [7, 11) is 0. The molecule has 2 N–H and O–H groups in total. The van der Waals surface area contributed by atoms with Crippen LogP contribution in [0.2, 0.25) is 0 Å². The lowest BCUT2D eigenvalue weighted by atomic mass is 9.83. The zero-order valence-corrected chi connectivity index (χ0v) is 12.7. The highest BCUT2D eigenvalue weighted by Crippen LogP contribution is 2.31. The molecule has 0 saturated carbocycles. The highest BCUT2D eigenvalue weighted by molar-refractivity contribution is 5.43. The Labute approximate surface area is 121 Å². The molecule has 0 bridgehead atoms. The van der Waals surface area contributed by atoms with Gasteiger partial charge in [-0.05, 0) is 56.5 Å². The van der Waals surface area contributed by atoms with Gasteiger partial charge in [-0.1, -0.05) is 36.4 Å². The molecule has 0 fully saturated rings. The fraction of sp³-hybridized carbons (Fsp3) is 0.333. The summed E-state index contributed by atoms with van der Waals surface area (Å²) in [6.45, 7) is 8.18. The van der Waals surface area contributed by atoms with Crippen LogP contribution in [0.15, 0.2) is 48.5 Å². The van der Waals surface area contributed by atoms with Crippen LogP contribution in [0.5, 0.6) is 5.75 Å². The first-order valence-electron chi connectivity index (χ1n) is 7.03. The molecule has 20 heavy (non-hydrogen) atoms. The molecule has 2 aromatic rings. The molecule has 106 valence electrons. The average Bonchev–Trinajstić information content (AvgIpc) is 2.38. The largest absolute Gasteiger partial charge is 0.491 e. The molecule has 0 spiro atoms. The summed E-state index contributed by atoms with van der Waals surface area (Å²) in [6, 6.07) is 16.3. The van der Waals surface area contributed by atoms with Gasteiger partial charge in [0.05, 0.1) is 11.6 Å². The van der Waals surface area contributed by atoms with Crippen molar-refractivity contribution < 1.29 is 4.74 Å². The summed E-state index contributed by atoms with van der Waals surface area (Å²) < 4.78 is 5.76. The van der Waals surface area contributed by atoms with Crippen molar-refractivity contribution in [2.24, 2.45) is 5.73 Å². The number of rotatable bonds is 4. The second-order valence-corrected chi connectivity index (χ2v) is 5.71. The van der Waals surface area contributed by atoms with Gasteiger partial charge in [-0.3, -0.25) is 0 Å². The van der Waals surface area contributed by atoms with Crippen molar-refractivity contribution in [1.82, 2.24) is 0 Å². The number of ether oxygens (including phenoxy) is 1. The van der Waals surface area contributed by atoms with Crippen LogP contribution in [0.25, 0.3) is 0 Å². The number of benzene rings is 2. The predicted molar refractivity (Wildman–Crippen MR) is 84.0 cm³/mol. The van der Waals surface area contributed by atoms with Crippen molar-refractivity contribution in [1.29, 1.82) is 0 Å². The summed E-state index contributed by atoms with van der Waals surface area (Å²) >= 11 is 0. The molecule has 1 unspecified atom stereocenters. The Morgan fingerprint density at radius 2 is 1.75 bits per heavy atom. The van der Waals surface area contributed by atoms with E-state index in [2.05, 4.69) is 25.1 Å². The van der Waals surface area contributed by atoms with Gasteiger partial charge in [0, 0.05) is 0 Å². The maximum Gasteiger partial charge on any atom is 0.120 e. The van der Waals surface area contributed by atoms with Gasteiger partial charge >= 0.3 is 0 Å². The van der Waals surface area contributed by atoms with Crippen molar-refractivity contribution in [2.45, 2.75) is 39.3 Å². The van der Waals surface area contributed by atoms with Gasteiger partial charge in [-0.15, -0.1) is 0 Å². The molecule has 0 radical (unpaired) electrons. The molecule has 0 amide bonds. The summed E-state index contributed by atoms with van der Waals surface area (Å²) in [4.78, 5) is 0. The van der Waals surface area contributed by atoms with Gasteiger partial charge in [0.25, 0.3) is 0 Å². The van der Waals surface area contributed by atoms with Crippen molar-refractivity contribution in [2.75, 3.05) is 0 Å². The molecule has 0 saturated heterocycles. The third kappa shape index (κ3) is 3.02. The van der Waals surface area contributed by atoms with Crippen LogP contribution in [0, 0.1) is 6.92 Å². The molecule has 0 aliphatic rings. The summed E-state index contributed by atoms with van der Waals surface area (Å²) in [5.41, 5.74) is 9.48. The van der Waals surface area contributed by atoms with Gasteiger partial charge < -0.3 is 10.5 Å². The molecule has 0 heterocycles. The first kappa shape index (κ1) is 14.6. The Bertz CT molecular complexity index is 587. The molecule has 1 atom stereocenters. The summed E-state index contributed by atoms with van der Waals surface area (Å²) in [6.07, 6.45) is 0.160. The average molecular weight is 269 g/mol. The van der Waals surface area contributed by atoms with E-state index in [0.29, 0.717) is 0 Å². The van der Waals surface area contributed by atoms with Crippen LogP contribution >= 0.6 is 0 Å². The smallest absolute Gasteiger partial charge is 0.120 e. The zero-order chi connectivity index (χ0) is 14.8. The maximum atomic E-state index is 6.60. The van der Waals surface area contributed by atoms with Crippen molar-refractivity contribution in [3.63, 3.8) is 0 Å². The second-order valence-electron chi connectivity index (χ2n) is 5.71. The molecule has 2 rings (SSSR count). The topological polar surface area (TPSA) is 35.2 Å². The van der Waals surface area contributed by atoms with E-state index in [9.17, 15) is 0 Å². The van der Waals surface area contributed by atoms with E-state index in [0.717, 1.165) is 16.9 Å². The quantitative estimate of drug-likeness (QED) is 0.910. The van der Waals surface area contributed by atoms with Crippen LogP contribution in [0.3, 0.4) is 0 Å². The van der Waals surface area contributed by atoms with Crippen LogP contribution in [-0.2, 0) is 5.54 Å². The Kier molecular flexibility index (Phi) is 4.15. The standard InChI is InChI=1S/C18H23NO/c1-13(2)20-16-10-7-9-15(12-16)18(4,19)17-11-6-5-8-14(17)3/h5-13H,19H2,1-4H3. The number of hydrogen-bond donors (Lipinski definition) is 1. The fourth-order valence-electron chi connectivity index (χ4n) is 2.48. The molecular formula is C18H23NO. The van der Waals surface area contributed by atoms with Gasteiger partial charge in [0.15, 0.2) is 0 Å². The van der Waals surface area contributed by atoms with Gasteiger partial charge in [-0.2, -0.15) is 0 Å². The van der Waals surface area contributed by atoms with E-state index in [1.807, 2.05) is 51.1 Å². The maximum absolute atomic E-state index is 6.60. The fourth-order valence-corrected chi connectivity index (χ4v) is 2.48. The lowest BCUT2D eigenvalue weighted by Gasteiger charge is -2.28. The summed E-state index contributed by atoms with van der Waals surface area (Å²) in [5, 5.41) is 0.